The quantitative estimate of drug-likeness (QED) is 0.338. The van der Waals surface area contributed by atoms with Crippen LogP contribution in [0.5, 0.6) is 5.75 Å². The number of anilines is 1. The molecule has 0 aliphatic rings. The highest BCUT2D eigenvalue weighted by atomic mass is 32.2. The molecule has 2 atom stereocenters. The zero-order valence-electron chi connectivity index (χ0n) is 19.6. The molecule has 182 valence electrons. The highest BCUT2D eigenvalue weighted by molar-refractivity contribution is 7.89. The molecule has 35 heavy (non-hydrogen) atoms. The summed E-state index contributed by atoms with van der Waals surface area (Å²) < 4.78 is 34.5. The molecule has 0 saturated heterocycles. The van der Waals surface area contributed by atoms with Gasteiger partial charge >= 0.3 is 0 Å². The Morgan fingerprint density at radius 3 is 2.46 bits per heavy atom. The van der Waals surface area contributed by atoms with Crippen molar-refractivity contribution in [1.82, 2.24) is 14.9 Å². The van der Waals surface area contributed by atoms with E-state index in [1.807, 2.05) is 56.3 Å². The summed E-state index contributed by atoms with van der Waals surface area (Å²) in [5.74, 6) is -0.0176. The summed E-state index contributed by atoms with van der Waals surface area (Å²) in [5, 5.41) is 13.3. The second-order valence-corrected chi connectivity index (χ2v) is 10.8. The normalized spacial score (nSPS) is 13.3. The molecule has 0 spiro atoms. The first-order valence-electron chi connectivity index (χ1n) is 11.1. The third-order valence-electron chi connectivity index (χ3n) is 5.81. The second kappa shape index (κ2) is 10.5. The van der Waals surface area contributed by atoms with Gasteiger partial charge in [-0.05, 0) is 41.6 Å². The Hall–Kier alpha value is -3.34. The Kier molecular flexibility index (Phi) is 7.44. The van der Waals surface area contributed by atoms with Gasteiger partial charge in [-0.1, -0.05) is 68.0 Å². The topological polar surface area (TPSA) is 110 Å². The van der Waals surface area contributed by atoms with E-state index in [0.717, 1.165) is 16.7 Å². The molecular formula is C25H26N4O4S2. The van der Waals surface area contributed by atoms with Crippen LogP contribution >= 0.6 is 11.3 Å². The van der Waals surface area contributed by atoms with Crippen molar-refractivity contribution in [3.8, 4) is 16.3 Å². The zero-order valence-corrected chi connectivity index (χ0v) is 21.2. The molecule has 0 bridgehead atoms. The number of methoxy groups -OCH3 is 1. The Labute approximate surface area is 208 Å². The molecule has 1 amide bonds. The summed E-state index contributed by atoms with van der Waals surface area (Å²) in [7, 11) is -2.39. The third-order valence-corrected chi connectivity index (χ3v) is 8.20. The van der Waals surface area contributed by atoms with Crippen LogP contribution in [0.3, 0.4) is 0 Å². The maximum Gasteiger partial charge on any atom is 0.244 e. The number of fused-ring (bicyclic) bond motifs is 1. The average Bonchev–Trinajstić information content (AvgIpc) is 3.34. The number of carbonyl (C=O) groups is 1. The van der Waals surface area contributed by atoms with E-state index < -0.39 is 22.0 Å². The molecule has 0 aliphatic carbocycles. The lowest BCUT2D eigenvalue weighted by molar-refractivity contribution is -0.118. The van der Waals surface area contributed by atoms with E-state index in [0.29, 0.717) is 21.9 Å². The highest BCUT2D eigenvalue weighted by Gasteiger charge is 2.31. The monoisotopic (exact) mass is 510 g/mol. The van der Waals surface area contributed by atoms with E-state index in [-0.39, 0.29) is 10.8 Å². The average molecular weight is 511 g/mol. The minimum absolute atomic E-state index is 0.134. The Morgan fingerprint density at radius 2 is 1.74 bits per heavy atom. The molecule has 0 unspecified atom stereocenters. The van der Waals surface area contributed by atoms with Gasteiger partial charge in [0.25, 0.3) is 0 Å². The van der Waals surface area contributed by atoms with E-state index in [1.165, 1.54) is 11.3 Å². The molecule has 3 aromatic carbocycles. The fraction of sp³-hybridized carbons (Fsp3) is 0.240. The smallest absolute Gasteiger partial charge is 0.244 e. The van der Waals surface area contributed by atoms with Crippen LogP contribution in [0.15, 0.2) is 71.6 Å². The Balaban J connectivity index is 1.56. The molecule has 10 heteroatoms. The van der Waals surface area contributed by atoms with Crippen molar-refractivity contribution in [2.75, 3.05) is 12.4 Å². The minimum atomic E-state index is -3.98. The van der Waals surface area contributed by atoms with E-state index in [9.17, 15) is 13.2 Å². The van der Waals surface area contributed by atoms with Crippen LogP contribution in [0.2, 0.25) is 0 Å². The number of aromatic nitrogens is 2. The van der Waals surface area contributed by atoms with Gasteiger partial charge in [0.1, 0.15) is 16.8 Å². The summed E-state index contributed by atoms with van der Waals surface area (Å²) in [4.78, 5) is 13.3. The number of benzene rings is 3. The number of hydrogen-bond acceptors (Lipinski definition) is 7. The van der Waals surface area contributed by atoms with E-state index in [2.05, 4.69) is 20.2 Å². The van der Waals surface area contributed by atoms with E-state index in [4.69, 9.17) is 4.74 Å². The Morgan fingerprint density at radius 1 is 1.03 bits per heavy atom. The van der Waals surface area contributed by atoms with Gasteiger partial charge in [-0.25, -0.2) is 8.42 Å². The van der Waals surface area contributed by atoms with Crippen LogP contribution < -0.4 is 14.8 Å². The standard InChI is InChI=1S/C25H26N4O4S2/c1-4-16(2)22(29-35(31,32)21-11-7-9-17-8-5-6-10-20(17)21)23(30)26-25-28-27-24(34-25)18-12-14-19(33-3)15-13-18/h5-16,22,29H,4H2,1-3H3,(H,26,28,30)/t16-,22-/m1/s1. The summed E-state index contributed by atoms with van der Waals surface area (Å²) in [5.41, 5.74) is 0.832. The molecule has 2 N–H and O–H groups in total. The van der Waals surface area contributed by atoms with Crippen molar-refractivity contribution in [2.24, 2.45) is 5.92 Å². The van der Waals surface area contributed by atoms with Crippen molar-refractivity contribution in [3.05, 3.63) is 66.7 Å². The first-order valence-corrected chi connectivity index (χ1v) is 13.4. The third kappa shape index (κ3) is 5.50. The Bertz CT molecular complexity index is 1430. The summed E-state index contributed by atoms with van der Waals surface area (Å²) in [6.45, 7) is 3.74. The summed E-state index contributed by atoms with van der Waals surface area (Å²) in [6, 6.07) is 18.7. The molecule has 0 radical (unpaired) electrons. The lowest BCUT2D eigenvalue weighted by Gasteiger charge is -2.23. The number of hydrogen-bond donors (Lipinski definition) is 2. The molecule has 8 nitrogen and oxygen atoms in total. The lowest BCUT2D eigenvalue weighted by Crippen LogP contribution is -2.47. The van der Waals surface area contributed by atoms with Crippen LogP contribution in [0, 0.1) is 5.92 Å². The van der Waals surface area contributed by atoms with Gasteiger partial charge in [0.2, 0.25) is 21.1 Å². The first kappa shape index (κ1) is 24.8. The van der Waals surface area contributed by atoms with E-state index >= 15 is 0 Å². The zero-order chi connectivity index (χ0) is 25.0. The molecule has 0 fully saturated rings. The molecule has 1 aromatic heterocycles. The van der Waals surface area contributed by atoms with Crippen LogP contribution in [0.4, 0.5) is 5.13 Å². The van der Waals surface area contributed by atoms with Gasteiger partial charge in [-0.3, -0.25) is 10.1 Å². The second-order valence-electron chi connectivity index (χ2n) is 8.09. The van der Waals surface area contributed by atoms with Gasteiger partial charge in [-0.2, -0.15) is 4.72 Å². The van der Waals surface area contributed by atoms with Crippen molar-refractivity contribution in [2.45, 2.75) is 31.2 Å². The van der Waals surface area contributed by atoms with Gasteiger partial charge in [0.15, 0.2) is 0 Å². The number of amides is 1. The van der Waals surface area contributed by atoms with Crippen molar-refractivity contribution >= 4 is 43.2 Å². The first-order chi connectivity index (χ1) is 16.8. The number of carbonyl (C=O) groups excluding carboxylic acids is 1. The maximum absolute atomic E-state index is 13.3. The molecule has 4 rings (SSSR count). The largest absolute Gasteiger partial charge is 0.497 e. The lowest BCUT2D eigenvalue weighted by atomic mass is 9.99. The molecule has 1 heterocycles. The fourth-order valence-electron chi connectivity index (χ4n) is 3.63. The predicted molar refractivity (Wildman–Crippen MR) is 138 cm³/mol. The number of ether oxygens (including phenoxy) is 1. The highest BCUT2D eigenvalue weighted by Crippen LogP contribution is 2.28. The van der Waals surface area contributed by atoms with Gasteiger partial charge in [-0.15, -0.1) is 10.2 Å². The number of sulfonamides is 1. The fourth-order valence-corrected chi connectivity index (χ4v) is 5.92. The van der Waals surface area contributed by atoms with Gasteiger partial charge in [0, 0.05) is 10.9 Å². The van der Waals surface area contributed by atoms with E-state index in [1.54, 1.807) is 31.4 Å². The van der Waals surface area contributed by atoms with Gasteiger partial charge in [0.05, 0.1) is 12.0 Å². The molecule has 4 aromatic rings. The van der Waals surface area contributed by atoms with Crippen molar-refractivity contribution in [1.29, 1.82) is 0 Å². The maximum atomic E-state index is 13.3. The predicted octanol–water partition coefficient (Wildman–Crippen LogP) is 4.70. The summed E-state index contributed by atoms with van der Waals surface area (Å²) >= 11 is 1.21. The number of rotatable bonds is 9. The molecular weight excluding hydrogens is 484 g/mol. The minimum Gasteiger partial charge on any atom is -0.497 e. The number of nitrogens with one attached hydrogen (secondary N) is 2. The van der Waals surface area contributed by atoms with Crippen LogP contribution in [-0.2, 0) is 14.8 Å². The van der Waals surface area contributed by atoms with Crippen molar-refractivity contribution in [3.63, 3.8) is 0 Å². The van der Waals surface area contributed by atoms with Gasteiger partial charge < -0.3 is 4.74 Å². The summed E-state index contributed by atoms with van der Waals surface area (Å²) in [6.07, 6.45) is 0.601. The van der Waals surface area contributed by atoms with Crippen LogP contribution in [-0.4, -0.2) is 37.7 Å². The molecule has 0 aliphatic heterocycles. The number of nitrogens with zero attached hydrogens (tertiary/aromatic N) is 2. The van der Waals surface area contributed by atoms with Crippen LogP contribution in [0.1, 0.15) is 20.3 Å². The molecule has 0 saturated carbocycles. The van der Waals surface area contributed by atoms with Crippen molar-refractivity contribution < 1.29 is 17.9 Å². The SMILES string of the molecule is CC[C@@H](C)[C@@H](NS(=O)(=O)c1cccc2ccccc12)C(=O)Nc1nnc(-c2ccc(OC)cc2)s1. The van der Waals surface area contributed by atoms with Crippen LogP contribution in [0.25, 0.3) is 21.3 Å².